The van der Waals surface area contributed by atoms with Gasteiger partial charge in [0.1, 0.15) is 0 Å². The van der Waals surface area contributed by atoms with Crippen molar-refractivity contribution < 1.29 is 0 Å². The number of hydrogen-bond donors (Lipinski definition) is 2. The average molecular weight is 361 g/mol. The van der Waals surface area contributed by atoms with Crippen LogP contribution in [0, 0.1) is 0 Å². The van der Waals surface area contributed by atoms with Crippen LogP contribution in [0.15, 0.2) is 62.9 Å². The van der Waals surface area contributed by atoms with E-state index in [4.69, 9.17) is 0 Å². The molecule has 0 aliphatic carbocycles. The first kappa shape index (κ1) is 14.7. The molecule has 0 unspecified atom stereocenters. The lowest BCUT2D eigenvalue weighted by molar-refractivity contribution is 0.717. The van der Waals surface area contributed by atoms with Crippen LogP contribution < -0.4 is 5.32 Å². The highest BCUT2D eigenvalue weighted by Crippen LogP contribution is 2.33. The SMILES string of the molecule is CCNCc1cc(Br)ccc1Sc1cc2ccccc2[nH]1. The number of aromatic nitrogens is 1. The Hall–Kier alpha value is -1.23. The Morgan fingerprint density at radius 3 is 2.81 bits per heavy atom. The molecule has 2 N–H and O–H groups in total. The Kier molecular flexibility index (Phi) is 4.68. The zero-order valence-corrected chi connectivity index (χ0v) is 14.2. The maximum Gasteiger partial charge on any atom is 0.0780 e. The zero-order valence-electron chi connectivity index (χ0n) is 11.8. The molecule has 0 amide bonds. The summed E-state index contributed by atoms with van der Waals surface area (Å²) in [4.78, 5) is 4.76. The maximum absolute atomic E-state index is 3.56. The molecular weight excluding hydrogens is 344 g/mol. The van der Waals surface area contributed by atoms with Gasteiger partial charge in [0.25, 0.3) is 0 Å². The first-order valence-electron chi connectivity index (χ1n) is 7.01. The van der Waals surface area contributed by atoms with Gasteiger partial charge >= 0.3 is 0 Å². The highest BCUT2D eigenvalue weighted by Gasteiger charge is 2.07. The lowest BCUT2D eigenvalue weighted by atomic mass is 10.2. The molecule has 3 rings (SSSR count). The Bertz CT molecular complexity index is 718. The number of halogens is 1. The number of hydrogen-bond acceptors (Lipinski definition) is 2. The molecule has 0 bridgehead atoms. The van der Waals surface area contributed by atoms with Crippen LogP contribution in [0.2, 0.25) is 0 Å². The monoisotopic (exact) mass is 360 g/mol. The van der Waals surface area contributed by atoms with E-state index in [9.17, 15) is 0 Å². The topological polar surface area (TPSA) is 27.8 Å². The van der Waals surface area contributed by atoms with E-state index >= 15 is 0 Å². The van der Waals surface area contributed by atoms with Crippen LogP contribution in [0.1, 0.15) is 12.5 Å². The summed E-state index contributed by atoms with van der Waals surface area (Å²) in [6.07, 6.45) is 0. The Balaban J connectivity index is 1.89. The fraction of sp³-hybridized carbons (Fsp3) is 0.176. The Morgan fingerprint density at radius 1 is 1.14 bits per heavy atom. The molecule has 21 heavy (non-hydrogen) atoms. The number of para-hydroxylation sites is 1. The van der Waals surface area contributed by atoms with Gasteiger partial charge in [-0.1, -0.05) is 52.8 Å². The average Bonchev–Trinajstić information content (AvgIpc) is 2.89. The molecular formula is C17H17BrN2S. The van der Waals surface area contributed by atoms with Crippen molar-refractivity contribution in [1.29, 1.82) is 0 Å². The minimum Gasteiger partial charge on any atom is -0.349 e. The van der Waals surface area contributed by atoms with Crippen LogP contribution in [0.25, 0.3) is 10.9 Å². The minimum absolute atomic E-state index is 0.887. The third-order valence-corrected chi connectivity index (χ3v) is 4.86. The summed E-state index contributed by atoms with van der Waals surface area (Å²) >= 11 is 5.34. The van der Waals surface area contributed by atoms with Gasteiger partial charge in [0.15, 0.2) is 0 Å². The fourth-order valence-corrected chi connectivity index (χ4v) is 3.66. The number of aromatic amines is 1. The largest absolute Gasteiger partial charge is 0.349 e. The van der Waals surface area contributed by atoms with Gasteiger partial charge in [0.05, 0.1) is 5.03 Å². The molecule has 0 atom stereocenters. The third kappa shape index (κ3) is 3.51. The first-order valence-corrected chi connectivity index (χ1v) is 8.62. The molecule has 108 valence electrons. The van der Waals surface area contributed by atoms with Crippen molar-refractivity contribution in [3.63, 3.8) is 0 Å². The van der Waals surface area contributed by atoms with E-state index in [-0.39, 0.29) is 0 Å². The van der Waals surface area contributed by atoms with Crippen molar-refractivity contribution in [3.05, 3.63) is 58.6 Å². The van der Waals surface area contributed by atoms with Crippen LogP contribution in [0.4, 0.5) is 0 Å². The summed E-state index contributed by atoms with van der Waals surface area (Å²) in [6.45, 7) is 3.99. The highest BCUT2D eigenvalue weighted by molar-refractivity contribution is 9.10. The number of benzene rings is 2. The Morgan fingerprint density at radius 2 is 2.00 bits per heavy atom. The summed E-state index contributed by atoms with van der Waals surface area (Å²) < 4.78 is 1.12. The van der Waals surface area contributed by atoms with Crippen molar-refractivity contribution in [2.75, 3.05) is 6.54 Å². The molecule has 2 nitrogen and oxygen atoms in total. The van der Waals surface area contributed by atoms with Crippen molar-refractivity contribution in [2.24, 2.45) is 0 Å². The van der Waals surface area contributed by atoms with Crippen molar-refractivity contribution in [2.45, 2.75) is 23.4 Å². The van der Waals surface area contributed by atoms with Gasteiger partial charge in [-0.05, 0) is 42.4 Å². The second kappa shape index (κ2) is 6.69. The predicted molar refractivity (Wildman–Crippen MR) is 93.9 cm³/mol. The summed E-state index contributed by atoms with van der Waals surface area (Å²) in [5.74, 6) is 0. The molecule has 0 radical (unpaired) electrons. The second-order valence-corrected chi connectivity index (χ2v) is 6.85. The van der Waals surface area contributed by atoms with Gasteiger partial charge in [-0.25, -0.2) is 0 Å². The van der Waals surface area contributed by atoms with Gasteiger partial charge in [0, 0.05) is 26.8 Å². The van der Waals surface area contributed by atoms with Gasteiger partial charge in [-0.15, -0.1) is 0 Å². The van der Waals surface area contributed by atoms with Crippen LogP contribution in [0.5, 0.6) is 0 Å². The fourth-order valence-electron chi connectivity index (χ4n) is 2.27. The normalized spacial score (nSPS) is 11.1. The van der Waals surface area contributed by atoms with Crippen LogP contribution >= 0.6 is 27.7 Å². The van der Waals surface area contributed by atoms with E-state index in [0.29, 0.717) is 0 Å². The summed E-state index contributed by atoms with van der Waals surface area (Å²) in [6, 6.07) is 17.0. The first-order chi connectivity index (χ1) is 10.3. The number of H-pyrrole nitrogens is 1. The maximum atomic E-state index is 3.56. The van der Waals surface area contributed by atoms with Gasteiger partial charge in [-0.3, -0.25) is 0 Å². The molecule has 0 aliphatic heterocycles. The molecule has 3 aromatic rings. The number of rotatable bonds is 5. The molecule has 0 saturated carbocycles. The standard InChI is InChI=1S/C17H17BrN2S/c1-2-19-11-13-9-14(18)7-8-16(13)21-17-10-12-5-3-4-6-15(12)20-17/h3-10,19-20H,2,11H2,1H3. The zero-order chi connectivity index (χ0) is 14.7. The van der Waals surface area contributed by atoms with Crippen molar-refractivity contribution in [1.82, 2.24) is 10.3 Å². The van der Waals surface area contributed by atoms with Crippen LogP contribution in [-0.4, -0.2) is 11.5 Å². The molecule has 4 heteroatoms. The Labute approximate surface area is 137 Å². The number of nitrogens with one attached hydrogen (secondary N) is 2. The van der Waals surface area contributed by atoms with E-state index in [1.165, 1.54) is 26.4 Å². The van der Waals surface area contributed by atoms with Crippen molar-refractivity contribution in [3.8, 4) is 0 Å². The third-order valence-electron chi connectivity index (χ3n) is 3.31. The van der Waals surface area contributed by atoms with E-state index in [0.717, 1.165) is 17.6 Å². The van der Waals surface area contributed by atoms with E-state index in [1.807, 2.05) is 0 Å². The molecule has 0 aliphatic rings. The van der Waals surface area contributed by atoms with E-state index in [2.05, 4.69) is 81.7 Å². The van der Waals surface area contributed by atoms with Crippen molar-refractivity contribution >= 4 is 38.6 Å². The summed E-state index contributed by atoms with van der Waals surface area (Å²) in [5.41, 5.74) is 2.50. The van der Waals surface area contributed by atoms with Gasteiger partial charge < -0.3 is 10.3 Å². The van der Waals surface area contributed by atoms with E-state index < -0.39 is 0 Å². The lowest BCUT2D eigenvalue weighted by Gasteiger charge is -2.09. The molecule has 0 spiro atoms. The molecule has 2 aromatic carbocycles. The van der Waals surface area contributed by atoms with Gasteiger partial charge in [0.2, 0.25) is 0 Å². The predicted octanol–water partition coefficient (Wildman–Crippen LogP) is 5.19. The van der Waals surface area contributed by atoms with E-state index in [1.54, 1.807) is 11.8 Å². The van der Waals surface area contributed by atoms with Crippen LogP contribution in [-0.2, 0) is 6.54 Å². The summed E-state index contributed by atoms with van der Waals surface area (Å²) in [7, 11) is 0. The smallest absolute Gasteiger partial charge is 0.0780 e. The van der Waals surface area contributed by atoms with Gasteiger partial charge in [-0.2, -0.15) is 0 Å². The summed E-state index contributed by atoms with van der Waals surface area (Å²) in [5, 5.41) is 5.83. The molecule has 0 saturated heterocycles. The minimum atomic E-state index is 0.887. The number of fused-ring (bicyclic) bond motifs is 1. The molecule has 0 fully saturated rings. The molecule has 1 heterocycles. The second-order valence-electron chi connectivity index (χ2n) is 4.86. The quantitative estimate of drug-likeness (QED) is 0.654. The van der Waals surface area contributed by atoms with Crippen LogP contribution in [0.3, 0.4) is 0 Å². The molecule has 1 aromatic heterocycles. The highest BCUT2D eigenvalue weighted by atomic mass is 79.9. The lowest BCUT2D eigenvalue weighted by Crippen LogP contribution is -2.12.